The van der Waals surface area contributed by atoms with Crippen LogP contribution in [0.1, 0.15) is 19.3 Å². The third kappa shape index (κ3) is 2.39. The number of para-hydroxylation sites is 1. The minimum absolute atomic E-state index is 0.420. The molecule has 98 valence electrons. The normalized spacial score (nSPS) is 33.8. The van der Waals surface area contributed by atoms with Gasteiger partial charge in [-0.25, -0.2) is 0 Å². The summed E-state index contributed by atoms with van der Waals surface area (Å²) >= 11 is 4.37. The topological polar surface area (TPSA) is 18.5 Å². The Morgan fingerprint density at radius 1 is 1.11 bits per heavy atom. The van der Waals surface area contributed by atoms with Crippen molar-refractivity contribution in [3.8, 4) is 5.75 Å². The second-order valence-corrected chi connectivity index (χ2v) is 5.70. The first-order chi connectivity index (χ1) is 8.88. The highest BCUT2D eigenvalue weighted by atomic mass is 32.1. The predicted molar refractivity (Wildman–Crippen MR) is 75.3 cm³/mol. The first-order valence-corrected chi connectivity index (χ1v) is 7.46. The molecule has 4 atom stereocenters. The fourth-order valence-electron chi connectivity index (χ4n) is 3.36. The quantitative estimate of drug-likeness (QED) is 0.823. The second-order valence-electron chi connectivity index (χ2n) is 5.25. The minimum atomic E-state index is 0.420. The van der Waals surface area contributed by atoms with E-state index in [0.717, 1.165) is 24.5 Å². The average Bonchev–Trinajstić information content (AvgIpc) is 3.00. The summed E-state index contributed by atoms with van der Waals surface area (Å²) in [6.45, 7) is 0.781. The average molecular weight is 264 g/mol. The van der Waals surface area contributed by atoms with Crippen molar-refractivity contribution in [1.82, 2.24) is 0 Å². The standard InChI is InChI=1S/C15H20O2S/c18-9-8-12-13(15-7-6-14(12)17-15)10-16-11-4-2-1-3-5-11/h1-5,12-15,18H,6-10H2. The van der Waals surface area contributed by atoms with E-state index in [1.165, 1.54) is 12.8 Å². The lowest BCUT2D eigenvalue weighted by Gasteiger charge is -2.27. The smallest absolute Gasteiger partial charge is 0.119 e. The molecular weight excluding hydrogens is 244 g/mol. The Balaban J connectivity index is 1.61. The molecule has 1 aromatic rings. The number of ether oxygens (including phenoxy) is 2. The van der Waals surface area contributed by atoms with Gasteiger partial charge in [0.2, 0.25) is 0 Å². The molecular formula is C15H20O2S. The summed E-state index contributed by atoms with van der Waals surface area (Å²) in [6.07, 6.45) is 4.46. The van der Waals surface area contributed by atoms with E-state index >= 15 is 0 Å². The maximum atomic E-state index is 6.02. The molecule has 2 aliphatic rings. The number of thiol groups is 1. The van der Waals surface area contributed by atoms with Gasteiger partial charge in [0, 0.05) is 5.92 Å². The fraction of sp³-hybridized carbons (Fsp3) is 0.600. The Labute approximate surface area is 114 Å². The first-order valence-electron chi connectivity index (χ1n) is 6.82. The number of hydrogen-bond donors (Lipinski definition) is 1. The molecule has 3 heteroatoms. The molecule has 0 saturated carbocycles. The Morgan fingerprint density at radius 2 is 1.83 bits per heavy atom. The van der Waals surface area contributed by atoms with Crippen LogP contribution in [0.5, 0.6) is 5.75 Å². The van der Waals surface area contributed by atoms with Crippen molar-refractivity contribution in [2.45, 2.75) is 31.5 Å². The largest absolute Gasteiger partial charge is 0.493 e. The van der Waals surface area contributed by atoms with E-state index in [9.17, 15) is 0 Å². The predicted octanol–water partition coefficient (Wildman–Crippen LogP) is 3.18. The number of rotatable bonds is 5. The van der Waals surface area contributed by atoms with Crippen LogP contribution in [0.15, 0.2) is 30.3 Å². The maximum Gasteiger partial charge on any atom is 0.119 e. The molecule has 0 aromatic heterocycles. The molecule has 2 heterocycles. The SMILES string of the molecule is SCCC1C2CCC(O2)C1COc1ccccc1. The molecule has 2 bridgehead atoms. The molecule has 0 N–H and O–H groups in total. The molecule has 2 aliphatic heterocycles. The molecule has 2 saturated heterocycles. The van der Waals surface area contributed by atoms with Crippen molar-refractivity contribution >= 4 is 12.6 Å². The molecule has 2 fully saturated rings. The van der Waals surface area contributed by atoms with Gasteiger partial charge in [-0.3, -0.25) is 0 Å². The highest BCUT2D eigenvalue weighted by molar-refractivity contribution is 7.80. The molecule has 1 aromatic carbocycles. The van der Waals surface area contributed by atoms with E-state index < -0.39 is 0 Å². The van der Waals surface area contributed by atoms with E-state index in [1.807, 2.05) is 30.3 Å². The van der Waals surface area contributed by atoms with Gasteiger partial charge in [0.1, 0.15) is 5.75 Å². The monoisotopic (exact) mass is 264 g/mol. The highest BCUT2D eigenvalue weighted by Crippen LogP contribution is 2.45. The van der Waals surface area contributed by atoms with E-state index in [0.29, 0.717) is 24.0 Å². The summed E-state index contributed by atoms with van der Waals surface area (Å²) in [5, 5.41) is 0. The molecule has 0 radical (unpaired) electrons. The van der Waals surface area contributed by atoms with Gasteiger partial charge < -0.3 is 9.47 Å². The summed E-state index contributed by atoms with van der Waals surface area (Å²) in [4.78, 5) is 0. The van der Waals surface area contributed by atoms with Crippen LogP contribution in [-0.2, 0) is 4.74 Å². The minimum Gasteiger partial charge on any atom is -0.493 e. The Bertz CT molecular complexity index is 381. The van der Waals surface area contributed by atoms with Crippen molar-refractivity contribution in [2.24, 2.45) is 11.8 Å². The fourth-order valence-corrected chi connectivity index (χ4v) is 3.66. The van der Waals surface area contributed by atoms with Crippen LogP contribution in [0.25, 0.3) is 0 Å². The van der Waals surface area contributed by atoms with E-state index in [-0.39, 0.29) is 0 Å². The zero-order valence-electron chi connectivity index (χ0n) is 10.5. The summed E-state index contributed by atoms with van der Waals surface area (Å²) in [6, 6.07) is 10.1. The van der Waals surface area contributed by atoms with Crippen LogP contribution < -0.4 is 4.74 Å². The van der Waals surface area contributed by atoms with Gasteiger partial charge in [-0.1, -0.05) is 18.2 Å². The number of hydrogen-bond acceptors (Lipinski definition) is 3. The van der Waals surface area contributed by atoms with E-state index in [2.05, 4.69) is 12.6 Å². The molecule has 0 spiro atoms. The molecule has 18 heavy (non-hydrogen) atoms. The lowest BCUT2D eigenvalue weighted by molar-refractivity contribution is 0.0809. The molecule has 2 nitrogen and oxygen atoms in total. The van der Waals surface area contributed by atoms with Crippen LogP contribution in [0.2, 0.25) is 0 Å². The Hall–Kier alpha value is -0.670. The molecule has 0 aliphatic carbocycles. The van der Waals surface area contributed by atoms with Crippen molar-refractivity contribution in [1.29, 1.82) is 0 Å². The van der Waals surface area contributed by atoms with Gasteiger partial charge in [0.05, 0.1) is 18.8 Å². The Morgan fingerprint density at radius 3 is 2.56 bits per heavy atom. The van der Waals surface area contributed by atoms with Crippen LogP contribution in [0.3, 0.4) is 0 Å². The lowest BCUT2D eigenvalue weighted by atomic mass is 9.78. The van der Waals surface area contributed by atoms with E-state index in [4.69, 9.17) is 9.47 Å². The van der Waals surface area contributed by atoms with Crippen LogP contribution in [-0.4, -0.2) is 24.6 Å². The molecule has 3 rings (SSSR count). The number of benzene rings is 1. The summed E-state index contributed by atoms with van der Waals surface area (Å²) in [7, 11) is 0. The van der Waals surface area contributed by atoms with Crippen molar-refractivity contribution in [3.05, 3.63) is 30.3 Å². The highest BCUT2D eigenvalue weighted by Gasteiger charge is 2.48. The number of fused-ring (bicyclic) bond motifs is 2. The van der Waals surface area contributed by atoms with Gasteiger partial charge in [-0.05, 0) is 43.1 Å². The molecule has 4 unspecified atom stereocenters. The van der Waals surface area contributed by atoms with Gasteiger partial charge in [0.15, 0.2) is 0 Å². The van der Waals surface area contributed by atoms with Crippen molar-refractivity contribution in [2.75, 3.05) is 12.4 Å². The summed E-state index contributed by atoms with van der Waals surface area (Å²) in [5.41, 5.74) is 0. The van der Waals surface area contributed by atoms with Gasteiger partial charge >= 0.3 is 0 Å². The van der Waals surface area contributed by atoms with E-state index in [1.54, 1.807) is 0 Å². The van der Waals surface area contributed by atoms with Gasteiger partial charge in [-0.15, -0.1) is 0 Å². The van der Waals surface area contributed by atoms with Gasteiger partial charge in [-0.2, -0.15) is 12.6 Å². The van der Waals surface area contributed by atoms with Crippen LogP contribution in [0.4, 0.5) is 0 Å². The summed E-state index contributed by atoms with van der Waals surface area (Å²) in [5.74, 6) is 3.10. The van der Waals surface area contributed by atoms with Crippen molar-refractivity contribution in [3.63, 3.8) is 0 Å². The third-order valence-corrected chi connectivity index (χ3v) is 4.50. The van der Waals surface area contributed by atoms with Gasteiger partial charge in [0.25, 0.3) is 0 Å². The van der Waals surface area contributed by atoms with Crippen LogP contribution >= 0.6 is 12.6 Å². The summed E-state index contributed by atoms with van der Waals surface area (Å²) < 4.78 is 11.9. The zero-order valence-corrected chi connectivity index (χ0v) is 11.4. The molecule has 0 amide bonds. The third-order valence-electron chi connectivity index (χ3n) is 4.24. The maximum absolute atomic E-state index is 6.02. The zero-order chi connectivity index (χ0) is 12.4. The van der Waals surface area contributed by atoms with Crippen molar-refractivity contribution < 1.29 is 9.47 Å². The lowest BCUT2D eigenvalue weighted by Crippen LogP contribution is -2.32. The Kier molecular flexibility index (Phi) is 3.80. The van der Waals surface area contributed by atoms with Crippen LogP contribution in [0, 0.1) is 11.8 Å². The second kappa shape index (κ2) is 5.54. The first kappa shape index (κ1) is 12.4.